The molecular formula is C11H13NO. The summed E-state index contributed by atoms with van der Waals surface area (Å²) in [4.78, 5) is 0. The smallest absolute Gasteiger partial charge is 0.168 e. The van der Waals surface area contributed by atoms with Gasteiger partial charge in [0.25, 0.3) is 0 Å². The second-order valence-electron chi connectivity index (χ2n) is 3.17. The molecule has 1 aromatic rings. The molecular weight excluding hydrogens is 162 g/mol. The van der Waals surface area contributed by atoms with Crippen molar-refractivity contribution in [3.8, 4) is 6.07 Å². The molecule has 0 amide bonds. The minimum Gasteiger partial charge on any atom is -0.362 e. The van der Waals surface area contributed by atoms with Crippen LogP contribution >= 0.6 is 0 Å². The molecule has 0 aliphatic carbocycles. The van der Waals surface area contributed by atoms with Gasteiger partial charge < -0.3 is 4.74 Å². The standard InChI is InChI=1S/C11H13NO/c1-8-4-9(2)6-10(5-8)11(7-12)13-3/h4-6,11H,1-3H3. The molecule has 68 valence electrons. The van der Waals surface area contributed by atoms with Gasteiger partial charge in [0.1, 0.15) is 0 Å². The zero-order valence-electron chi connectivity index (χ0n) is 8.16. The Labute approximate surface area is 78.8 Å². The van der Waals surface area contributed by atoms with E-state index in [1.165, 1.54) is 0 Å². The molecule has 0 N–H and O–H groups in total. The highest BCUT2D eigenvalue weighted by Crippen LogP contribution is 2.18. The molecule has 0 aliphatic rings. The third kappa shape index (κ3) is 2.30. The van der Waals surface area contributed by atoms with Gasteiger partial charge in [-0.3, -0.25) is 0 Å². The average molecular weight is 175 g/mol. The first kappa shape index (κ1) is 9.76. The summed E-state index contributed by atoms with van der Waals surface area (Å²) >= 11 is 0. The molecule has 0 saturated carbocycles. The van der Waals surface area contributed by atoms with E-state index in [1.54, 1.807) is 7.11 Å². The second-order valence-corrected chi connectivity index (χ2v) is 3.17. The third-order valence-electron chi connectivity index (χ3n) is 1.90. The van der Waals surface area contributed by atoms with Gasteiger partial charge in [0.05, 0.1) is 6.07 Å². The maximum Gasteiger partial charge on any atom is 0.168 e. The SMILES string of the molecule is COC(C#N)c1cc(C)cc(C)c1. The molecule has 0 radical (unpaired) electrons. The van der Waals surface area contributed by atoms with Crippen LogP contribution in [0.15, 0.2) is 18.2 Å². The minimum atomic E-state index is -0.446. The zero-order valence-corrected chi connectivity index (χ0v) is 8.16. The number of hydrogen-bond donors (Lipinski definition) is 0. The van der Waals surface area contributed by atoms with E-state index in [-0.39, 0.29) is 0 Å². The summed E-state index contributed by atoms with van der Waals surface area (Å²) in [6.07, 6.45) is -0.446. The van der Waals surface area contributed by atoms with Crippen molar-refractivity contribution in [1.29, 1.82) is 5.26 Å². The Kier molecular flexibility index (Phi) is 3.05. The first-order chi connectivity index (χ1) is 6.17. The van der Waals surface area contributed by atoms with E-state index < -0.39 is 6.10 Å². The molecule has 2 heteroatoms. The molecule has 1 atom stereocenters. The summed E-state index contributed by atoms with van der Waals surface area (Å²) < 4.78 is 5.03. The fraction of sp³-hybridized carbons (Fsp3) is 0.364. The predicted molar refractivity (Wildman–Crippen MR) is 51.3 cm³/mol. The second kappa shape index (κ2) is 4.06. The van der Waals surface area contributed by atoms with Crippen molar-refractivity contribution in [2.75, 3.05) is 7.11 Å². The summed E-state index contributed by atoms with van der Waals surface area (Å²) in [5.74, 6) is 0. The number of methoxy groups -OCH3 is 1. The van der Waals surface area contributed by atoms with Gasteiger partial charge in [-0.2, -0.15) is 5.26 Å². The van der Waals surface area contributed by atoms with Crippen molar-refractivity contribution in [2.45, 2.75) is 20.0 Å². The fourth-order valence-electron chi connectivity index (χ4n) is 1.42. The number of nitriles is 1. The number of nitrogens with zero attached hydrogens (tertiary/aromatic N) is 1. The molecule has 0 fully saturated rings. The van der Waals surface area contributed by atoms with Crippen LogP contribution in [-0.2, 0) is 4.74 Å². The third-order valence-corrected chi connectivity index (χ3v) is 1.90. The van der Waals surface area contributed by atoms with Crippen LogP contribution in [0, 0.1) is 25.2 Å². The highest BCUT2D eigenvalue weighted by molar-refractivity contribution is 5.32. The molecule has 1 unspecified atom stereocenters. The van der Waals surface area contributed by atoms with Crippen LogP contribution in [-0.4, -0.2) is 7.11 Å². The van der Waals surface area contributed by atoms with Gasteiger partial charge in [-0.05, 0) is 19.4 Å². The lowest BCUT2D eigenvalue weighted by Gasteiger charge is -2.08. The Morgan fingerprint density at radius 3 is 2.15 bits per heavy atom. The summed E-state index contributed by atoms with van der Waals surface area (Å²) in [6, 6.07) is 8.13. The topological polar surface area (TPSA) is 33.0 Å². The molecule has 13 heavy (non-hydrogen) atoms. The first-order valence-electron chi connectivity index (χ1n) is 4.18. The molecule has 0 spiro atoms. The number of aryl methyl sites for hydroxylation is 2. The van der Waals surface area contributed by atoms with Gasteiger partial charge in [0.15, 0.2) is 6.10 Å². The molecule has 0 aliphatic heterocycles. The van der Waals surface area contributed by atoms with Crippen LogP contribution < -0.4 is 0 Å². The van der Waals surface area contributed by atoms with Crippen LogP contribution in [0.4, 0.5) is 0 Å². The van der Waals surface area contributed by atoms with E-state index in [1.807, 2.05) is 26.0 Å². The quantitative estimate of drug-likeness (QED) is 0.692. The minimum absolute atomic E-state index is 0.446. The molecule has 1 rings (SSSR count). The van der Waals surface area contributed by atoms with Crippen LogP contribution in [0.2, 0.25) is 0 Å². The van der Waals surface area contributed by atoms with Crippen molar-refractivity contribution in [1.82, 2.24) is 0 Å². The molecule has 0 saturated heterocycles. The van der Waals surface area contributed by atoms with E-state index in [0.717, 1.165) is 16.7 Å². The molecule has 0 bridgehead atoms. The van der Waals surface area contributed by atoms with Crippen molar-refractivity contribution in [3.63, 3.8) is 0 Å². The lowest BCUT2D eigenvalue weighted by Crippen LogP contribution is -1.98. The highest BCUT2D eigenvalue weighted by atomic mass is 16.5. The lowest BCUT2D eigenvalue weighted by molar-refractivity contribution is 0.148. The molecule has 2 nitrogen and oxygen atoms in total. The molecule has 0 aromatic heterocycles. The van der Waals surface area contributed by atoms with Crippen LogP contribution in [0.5, 0.6) is 0 Å². The Morgan fingerprint density at radius 2 is 1.77 bits per heavy atom. The summed E-state index contributed by atoms with van der Waals surface area (Å²) in [6.45, 7) is 4.03. The van der Waals surface area contributed by atoms with Gasteiger partial charge >= 0.3 is 0 Å². The summed E-state index contributed by atoms with van der Waals surface area (Å²) in [5, 5.41) is 8.79. The van der Waals surface area contributed by atoms with Gasteiger partial charge in [0.2, 0.25) is 0 Å². The normalized spacial score (nSPS) is 12.2. The number of hydrogen-bond acceptors (Lipinski definition) is 2. The summed E-state index contributed by atoms with van der Waals surface area (Å²) in [5.41, 5.74) is 3.25. The van der Waals surface area contributed by atoms with Gasteiger partial charge in [-0.15, -0.1) is 0 Å². The fourth-order valence-corrected chi connectivity index (χ4v) is 1.42. The van der Waals surface area contributed by atoms with Gasteiger partial charge in [-0.25, -0.2) is 0 Å². The van der Waals surface area contributed by atoms with Crippen molar-refractivity contribution in [3.05, 3.63) is 34.9 Å². The average Bonchev–Trinajstić information content (AvgIpc) is 2.04. The van der Waals surface area contributed by atoms with E-state index in [0.29, 0.717) is 0 Å². The Bertz CT molecular complexity index is 318. The van der Waals surface area contributed by atoms with Crippen LogP contribution in [0.1, 0.15) is 22.8 Å². The van der Waals surface area contributed by atoms with Crippen molar-refractivity contribution >= 4 is 0 Å². The summed E-state index contributed by atoms with van der Waals surface area (Å²) in [7, 11) is 1.55. The van der Waals surface area contributed by atoms with Crippen molar-refractivity contribution < 1.29 is 4.74 Å². The zero-order chi connectivity index (χ0) is 9.84. The van der Waals surface area contributed by atoms with Crippen molar-refractivity contribution in [2.24, 2.45) is 0 Å². The van der Waals surface area contributed by atoms with E-state index >= 15 is 0 Å². The maximum absolute atomic E-state index is 8.79. The van der Waals surface area contributed by atoms with E-state index in [9.17, 15) is 0 Å². The number of ether oxygens (including phenoxy) is 1. The monoisotopic (exact) mass is 175 g/mol. The first-order valence-corrected chi connectivity index (χ1v) is 4.18. The van der Waals surface area contributed by atoms with Crippen LogP contribution in [0.25, 0.3) is 0 Å². The van der Waals surface area contributed by atoms with Crippen LogP contribution in [0.3, 0.4) is 0 Å². The Balaban J connectivity index is 3.08. The van der Waals surface area contributed by atoms with Gasteiger partial charge in [0, 0.05) is 7.11 Å². The Morgan fingerprint density at radius 1 is 1.23 bits per heavy atom. The predicted octanol–water partition coefficient (Wildman–Crippen LogP) is 2.51. The Hall–Kier alpha value is -1.33. The van der Waals surface area contributed by atoms with Gasteiger partial charge in [-0.1, -0.05) is 29.3 Å². The highest BCUT2D eigenvalue weighted by Gasteiger charge is 2.08. The number of benzene rings is 1. The van der Waals surface area contributed by atoms with E-state index in [2.05, 4.69) is 12.1 Å². The molecule has 0 heterocycles. The molecule has 1 aromatic carbocycles. The lowest BCUT2D eigenvalue weighted by atomic mass is 10.0. The van der Waals surface area contributed by atoms with E-state index in [4.69, 9.17) is 10.00 Å². The largest absolute Gasteiger partial charge is 0.362 e. The number of rotatable bonds is 2. The maximum atomic E-state index is 8.79.